The summed E-state index contributed by atoms with van der Waals surface area (Å²) in [4.78, 5) is 14.8. The van der Waals surface area contributed by atoms with Crippen LogP contribution in [0.1, 0.15) is 31.7 Å². The van der Waals surface area contributed by atoms with Crippen molar-refractivity contribution in [3.63, 3.8) is 0 Å². The van der Waals surface area contributed by atoms with Gasteiger partial charge in [-0.25, -0.2) is 0 Å². The Morgan fingerprint density at radius 2 is 2.14 bits per heavy atom. The second-order valence-corrected chi connectivity index (χ2v) is 6.74. The van der Waals surface area contributed by atoms with Gasteiger partial charge in [-0.1, -0.05) is 35.0 Å². The van der Waals surface area contributed by atoms with Crippen LogP contribution >= 0.6 is 15.9 Å². The van der Waals surface area contributed by atoms with E-state index in [2.05, 4.69) is 45.2 Å². The lowest BCUT2D eigenvalue weighted by Gasteiger charge is -2.34. The summed E-state index contributed by atoms with van der Waals surface area (Å²) in [5.41, 5.74) is 1.23. The Labute approximate surface area is 136 Å². The van der Waals surface area contributed by atoms with Crippen LogP contribution in [0.2, 0.25) is 0 Å². The van der Waals surface area contributed by atoms with Gasteiger partial charge < -0.3 is 10.2 Å². The smallest absolute Gasteiger partial charge is 0.226 e. The van der Waals surface area contributed by atoms with E-state index in [4.69, 9.17) is 0 Å². The van der Waals surface area contributed by atoms with Gasteiger partial charge in [0.25, 0.3) is 0 Å². The molecule has 0 aliphatic carbocycles. The SMILES string of the molecule is CCC(Cc1cccc(Br)c1)C(=O)N1CCC(NC)CC1. The fourth-order valence-corrected chi connectivity index (χ4v) is 3.45. The van der Waals surface area contributed by atoms with E-state index in [9.17, 15) is 4.79 Å². The van der Waals surface area contributed by atoms with Gasteiger partial charge in [-0.3, -0.25) is 4.79 Å². The quantitative estimate of drug-likeness (QED) is 0.882. The van der Waals surface area contributed by atoms with Crippen LogP contribution in [0.25, 0.3) is 0 Å². The first-order chi connectivity index (χ1) is 10.1. The summed E-state index contributed by atoms with van der Waals surface area (Å²) >= 11 is 3.50. The fourth-order valence-electron chi connectivity index (χ4n) is 3.00. The van der Waals surface area contributed by atoms with Crippen molar-refractivity contribution < 1.29 is 4.79 Å². The first-order valence-electron chi connectivity index (χ1n) is 7.84. The van der Waals surface area contributed by atoms with Crippen LogP contribution in [0.4, 0.5) is 0 Å². The van der Waals surface area contributed by atoms with Crippen molar-refractivity contribution in [2.24, 2.45) is 5.92 Å². The van der Waals surface area contributed by atoms with E-state index in [0.29, 0.717) is 11.9 Å². The van der Waals surface area contributed by atoms with Crippen molar-refractivity contribution in [2.45, 2.75) is 38.6 Å². The molecule has 0 spiro atoms. The number of likely N-dealkylation sites (tertiary alicyclic amines) is 1. The summed E-state index contributed by atoms with van der Waals surface area (Å²) < 4.78 is 1.08. The first kappa shape index (κ1) is 16.5. The monoisotopic (exact) mass is 352 g/mol. The van der Waals surface area contributed by atoms with Crippen molar-refractivity contribution in [1.29, 1.82) is 0 Å². The molecular weight excluding hydrogens is 328 g/mol. The maximum atomic E-state index is 12.7. The Kier molecular flexibility index (Phi) is 6.24. The van der Waals surface area contributed by atoms with Crippen LogP contribution in [0.15, 0.2) is 28.7 Å². The third-order valence-electron chi connectivity index (χ3n) is 4.43. The molecule has 0 radical (unpaired) electrons. The van der Waals surface area contributed by atoms with E-state index < -0.39 is 0 Å². The second kappa shape index (κ2) is 7.95. The topological polar surface area (TPSA) is 32.3 Å². The predicted molar refractivity (Wildman–Crippen MR) is 90.3 cm³/mol. The molecule has 1 aromatic carbocycles. The molecule has 1 aliphatic heterocycles. The molecule has 3 nitrogen and oxygen atoms in total. The number of amides is 1. The lowest BCUT2D eigenvalue weighted by Crippen LogP contribution is -2.46. The summed E-state index contributed by atoms with van der Waals surface area (Å²) in [5, 5.41) is 3.31. The third kappa shape index (κ3) is 4.55. The van der Waals surface area contributed by atoms with Gasteiger partial charge in [0.1, 0.15) is 0 Å². The molecule has 1 atom stereocenters. The van der Waals surface area contributed by atoms with Crippen molar-refractivity contribution in [3.8, 4) is 0 Å². The molecule has 1 heterocycles. The molecule has 1 saturated heterocycles. The molecule has 2 rings (SSSR count). The average Bonchev–Trinajstić information content (AvgIpc) is 2.52. The first-order valence-corrected chi connectivity index (χ1v) is 8.63. The van der Waals surface area contributed by atoms with Gasteiger partial charge in [-0.15, -0.1) is 0 Å². The van der Waals surface area contributed by atoms with Gasteiger partial charge in [0.2, 0.25) is 5.91 Å². The van der Waals surface area contributed by atoms with Crippen molar-refractivity contribution in [2.75, 3.05) is 20.1 Å². The number of piperidine rings is 1. The highest BCUT2D eigenvalue weighted by atomic mass is 79.9. The predicted octanol–water partition coefficient (Wildman–Crippen LogP) is 3.23. The highest BCUT2D eigenvalue weighted by Crippen LogP contribution is 2.20. The molecule has 4 heteroatoms. The number of carbonyl (C=O) groups excluding carboxylic acids is 1. The number of hydrogen-bond donors (Lipinski definition) is 1. The Hall–Kier alpha value is -0.870. The van der Waals surface area contributed by atoms with Gasteiger partial charge in [0.15, 0.2) is 0 Å². The zero-order valence-electron chi connectivity index (χ0n) is 12.9. The Morgan fingerprint density at radius 1 is 1.43 bits per heavy atom. The Morgan fingerprint density at radius 3 is 2.71 bits per heavy atom. The van der Waals surface area contributed by atoms with Crippen LogP contribution in [0, 0.1) is 5.92 Å². The molecule has 1 fully saturated rings. The summed E-state index contributed by atoms with van der Waals surface area (Å²) in [6.45, 7) is 3.89. The van der Waals surface area contributed by atoms with Crippen LogP contribution in [-0.4, -0.2) is 37.0 Å². The number of carbonyl (C=O) groups is 1. The lowest BCUT2D eigenvalue weighted by molar-refractivity contribution is -0.136. The number of nitrogens with zero attached hydrogens (tertiary/aromatic N) is 1. The maximum Gasteiger partial charge on any atom is 0.226 e. The fraction of sp³-hybridized carbons (Fsp3) is 0.588. The minimum Gasteiger partial charge on any atom is -0.342 e. The summed E-state index contributed by atoms with van der Waals surface area (Å²) in [6, 6.07) is 8.85. The number of hydrogen-bond acceptors (Lipinski definition) is 2. The number of benzene rings is 1. The van der Waals surface area contributed by atoms with E-state index in [1.54, 1.807) is 0 Å². The molecule has 116 valence electrons. The molecule has 1 unspecified atom stereocenters. The van der Waals surface area contributed by atoms with Crippen molar-refractivity contribution in [1.82, 2.24) is 10.2 Å². The number of halogens is 1. The lowest BCUT2D eigenvalue weighted by atomic mass is 9.94. The number of rotatable bonds is 5. The average molecular weight is 353 g/mol. The van der Waals surface area contributed by atoms with Crippen LogP contribution in [0.5, 0.6) is 0 Å². The molecule has 1 aromatic rings. The second-order valence-electron chi connectivity index (χ2n) is 5.83. The zero-order valence-corrected chi connectivity index (χ0v) is 14.5. The molecule has 1 aliphatic rings. The number of nitrogens with one attached hydrogen (secondary N) is 1. The minimum absolute atomic E-state index is 0.102. The minimum atomic E-state index is 0.102. The van der Waals surface area contributed by atoms with Gasteiger partial charge in [0, 0.05) is 29.5 Å². The largest absolute Gasteiger partial charge is 0.342 e. The van der Waals surface area contributed by atoms with Gasteiger partial charge in [0.05, 0.1) is 0 Å². The Balaban J connectivity index is 1.96. The van der Waals surface area contributed by atoms with E-state index in [0.717, 1.165) is 43.2 Å². The highest BCUT2D eigenvalue weighted by Gasteiger charge is 2.26. The van der Waals surface area contributed by atoms with E-state index in [1.165, 1.54) is 5.56 Å². The van der Waals surface area contributed by atoms with E-state index in [1.807, 2.05) is 19.2 Å². The third-order valence-corrected chi connectivity index (χ3v) is 4.92. The zero-order chi connectivity index (χ0) is 15.2. The van der Waals surface area contributed by atoms with Gasteiger partial charge in [-0.2, -0.15) is 0 Å². The molecule has 0 aromatic heterocycles. The van der Waals surface area contributed by atoms with Crippen molar-refractivity contribution in [3.05, 3.63) is 34.3 Å². The van der Waals surface area contributed by atoms with Crippen LogP contribution in [0.3, 0.4) is 0 Å². The molecule has 21 heavy (non-hydrogen) atoms. The normalized spacial score (nSPS) is 17.8. The van der Waals surface area contributed by atoms with E-state index >= 15 is 0 Å². The highest BCUT2D eigenvalue weighted by molar-refractivity contribution is 9.10. The Bertz CT molecular complexity index is 470. The molecule has 0 bridgehead atoms. The van der Waals surface area contributed by atoms with Crippen molar-refractivity contribution >= 4 is 21.8 Å². The molecule has 0 saturated carbocycles. The maximum absolute atomic E-state index is 12.7. The van der Waals surface area contributed by atoms with Crippen LogP contribution in [-0.2, 0) is 11.2 Å². The molecule has 1 N–H and O–H groups in total. The van der Waals surface area contributed by atoms with Gasteiger partial charge in [-0.05, 0) is 50.4 Å². The summed E-state index contributed by atoms with van der Waals surface area (Å²) in [7, 11) is 2.00. The summed E-state index contributed by atoms with van der Waals surface area (Å²) in [6.07, 6.45) is 3.86. The molecular formula is C17H25BrN2O. The van der Waals surface area contributed by atoms with E-state index in [-0.39, 0.29) is 5.92 Å². The van der Waals surface area contributed by atoms with Crippen LogP contribution < -0.4 is 5.32 Å². The summed E-state index contributed by atoms with van der Waals surface area (Å²) in [5.74, 6) is 0.428. The standard InChI is InChI=1S/C17H25BrN2O/c1-3-14(11-13-5-4-6-15(18)12-13)17(21)20-9-7-16(19-2)8-10-20/h4-6,12,14,16,19H,3,7-11H2,1-2H3. The molecule has 1 amide bonds. The van der Waals surface area contributed by atoms with Gasteiger partial charge >= 0.3 is 0 Å².